The summed E-state index contributed by atoms with van der Waals surface area (Å²) in [6.07, 6.45) is -0.716. The predicted molar refractivity (Wildman–Crippen MR) is 140 cm³/mol. The number of carbonyl (C=O) groups is 3. The third kappa shape index (κ3) is 8.92. The number of nitrogens with two attached hydrogens (primary N) is 1. The normalized spacial score (nSPS) is 14.0. The van der Waals surface area contributed by atoms with E-state index in [-0.39, 0.29) is 25.9 Å². The van der Waals surface area contributed by atoms with Gasteiger partial charge in [-0.1, -0.05) is 79.2 Å². The number of aliphatic hydroxyl groups is 1. The monoisotopic (exact) mass is 562 g/mol. The van der Waals surface area contributed by atoms with Gasteiger partial charge in [0.2, 0.25) is 5.91 Å². The van der Waals surface area contributed by atoms with Crippen LogP contribution in [0.1, 0.15) is 38.3 Å². The zero-order valence-electron chi connectivity index (χ0n) is 21.1. The van der Waals surface area contributed by atoms with Crippen molar-refractivity contribution >= 4 is 33.8 Å². The van der Waals surface area contributed by atoms with Gasteiger partial charge in [-0.25, -0.2) is 9.80 Å². The maximum atomic E-state index is 13.3. The molecule has 0 radical (unpaired) electrons. The summed E-state index contributed by atoms with van der Waals surface area (Å²) in [4.78, 5) is 37.4. The number of hydrogen-bond donors (Lipinski definition) is 4. The highest BCUT2D eigenvalue weighted by molar-refractivity contribution is 9.10. The number of amides is 3. The van der Waals surface area contributed by atoms with Gasteiger partial charge in [-0.05, 0) is 28.7 Å². The molecule has 3 amide bonds. The first-order valence-electron chi connectivity index (χ1n) is 11.5. The molecule has 196 valence electrons. The van der Waals surface area contributed by atoms with Crippen LogP contribution in [0.4, 0.5) is 4.79 Å². The number of hydrogen-bond acceptors (Lipinski definition) is 6. The van der Waals surface area contributed by atoms with Crippen LogP contribution in [0.3, 0.4) is 0 Å². The SMILES string of the molecule is COC(=O)NC(C(=O)NN(CC[C@](O)(Cc1ccccc1)C(N)=O)Cc1ccc(Br)cc1)C(C)(C)C. The second-order valence-corrected chi connectivity index (χ2v) is 10.7. The molecule has 9 nitrogen and oxygen atoms in total. The lowest BCUT2D eigenvalue weighted by atomic mass is 9.86. The summed E-state index contributed by atoms with van der Waals surface area (Å²) in [6, 6.07) is 15.7. The smallest absolute Gasteiger partial charge is 0.407 e. The first-order valence-corrected chi connectivity index (χ1v) is 12.3. The third-order valence-corrected chi connectivity index (χ3v) is 6.25. The molecule has 0 heterocycles. The van der Waals surface area contributed by atoms with E-state index >= 15 is 0 Å². The van der Waals surface area contributed by atoms with E-state index in [1.165, 1.54) is 7.11 Å². The maximum Gasteiger partial charge on any atom is 0.407 e. The van der Waals surface area contributed by atoms with Crippen molar-refractivity contribution in [3.8, 4) is 0 Å². The van der Waals surface area contributed by atoms with Crippen molar-refractivity contribution in [1.82, 2.24) is 15.8 Å². The van der Waals surface area contributed by atoms with Crippen LogP contribution < -0.4 is 16.5 Å². The molecule has 0 saturated carbocycles. The molecule has 2 atom stereocenters. The van der Waals surface area contributed by atoms with Gasteiger partial charge in [0, 0.05) is 30.4 Å². The highest BCUT2D eigenvalue weighted by Gasteiger charge is 2.36. The van der Waals surface area contributed by atoms with Gasteiger partial charge in [0.15, 0.2) is 0 Å². The summed E-state index contributed by atoms with van der Waals surface area (Å²) >= 11 is 3.41. The van der Waals surface area contributed by atoms with Gasteiger partial charge in [0.1, 0.15) is 11.6 Å². The van der Waals surface area contributed by atoms with Crippen molar-refractivity contribution < 1.29 is 24.2 Å². The Morgan fingerprint density at radius 1 is 1.06 bits per heavy atom. The van der Waals surface area contributed by atoms with Crippen LogP contribution in [-0.2, 0) is 27.3 Å². The number of methoxy groups -OCH3 is 1. The summed E-state index contributed by atoms with van der Waals surface area (Å²) in [7, 11) is 1.23. The van der Waals surface area contributed by atoms with Gasteiger partial charge in [-0.15, -0.1) is 0 Å². The van der Waals surface area contributed by atoms with Gasteiger partial charge >= 0.3 is 6.09 Å². The van der Waals surface area contributed by atoms with Crippen LogP contribution in [0.5, 0.6) is 0 Å². The number of rotatable bonds is 11. The molecule has 0 aliphatic heterocycles. The van der Waals surface area contributed by atoms with Crippen LogP contribution in [-0.4, -0.2) is 53.3 Å². The molecular weight excluding hydrogens is 528 g/mol. The molecule has 2 aromatic rings. The molecule has 36 heavy (non-hydrogen) atoms. The number of primary amides is 1. The van der Waals surface area contributed by atoms with Gasteiger partial charge < -0.3 is 20.9 Å². The first kappa shape index (κ1) is 29.3. The van der Waals surface area contributed by atoms with E-state index in [0.717, 1.165) is 15.6 Å². The number of ether oxygens (including phenoxy) is 1. The Hall–Kier alpha value is -2.95. The van der Waals surface area contributed by atoms with Crippen molar-refractivity contribution in [2.75, 3.05) is 13.7 Å². The highest BCUT2D eigenvalue weighted by Crippen LogP contribution is 2.22. The fourth-order valence-corrected chi connectivity index (χ4v) is 3.87. The second-order valence-electron chi connectivity index (χ2n) is 9.77. The van der Waals surface area contributed by atoms with E-state index in [9.17, 15) is 19.5 Å². The van der Waals surface area contributed by atoms with Crippen molar-refractivity contribution in [2.45, 2.75) is 51.8 Å². The van der Waals surface area contributed by atoms with E-state index in [2.05, 4.69) is 31.4 Å². The van der Waals surface area contributed by atoms with Crippen LogP contribution in [0.25, 0.3) is 0 Å². The van der Waals surface area contributed by atoms with E-state index in [4.69, 9.17) is 5.73 Å². The van der Waals surface area contributed by atoms with Gasteiger partial charge in [-0.2, -0.15) is 0 Å². The minimum absolute atomic E-state index is 0.0291. The number of nitrogens with one attached hydrogen (secondary N) is 2. The molecule has 2 aromatic carbocycles. The average molecular weight is 563 g/mol. The van der Waals surface area contributed by atoms with Crippen molar-refractivity contribution in [3.63, 3.8) is 0 Å². The summed E-state index contributed by atoms with van der Waals surface area (Å²) < 4.78 is 5.59. The highest BCUT2D eigenvalue weighted by atomic mass is 79.9. The predicted octanol–water partition coefficient (Wildman–Crippen LogP) is 2.90. The van der Waals surface area contributed by atoms with E-state index in [0.29, 0.717) is 0 Å². The summed E-state index contributed by atoms with van der Waals surface area (Å²) in [5.74, 6) is -1.31. The fraction of sp³-hybridized carbons (Fsp3) is 0.423. The zero-order valence-corrected chi connectivity index (χ0v) is 22.7. The number of benzene rings is 2. The quantitative estimate of drug-likeness (QED) is 0.311. The molecule has 5 N–H and O–H groups in total. The zero-order chi connectivity index (χ0) is 26.9. The van der Waals surface area contributed by atoms with Crippen molar-refractivity contribution in [2.24, 2.45) is 11.1 Å². The van der Waals surface area contributed by atoms with E-state index < -0.39 is 35.0 Å². The molecule has 0 spiro atoms. The van der Waals surface area contributed by atoms with Gasteiger partial charge in [-0.3, -0.25) is 15.0 Å². The Labute approximate surface area is 220 Å². The van der Waals surface area contributed by atoms with Crippen molar-refractivity contribution in [3.05, 3.63) is 70.2 Å². The lowest BCUT2D eigenvalue weighted by Crippen LogP contribution is -2.58. The lowest BCUT2D eigenvalue weighted by molar-refractivity contribution is -0.138. The van der Waals surface area contributed by atoms with Gasteiger partial charge in [0.05, 0.1) is 7.11 Å². The summed E-state index contributed by atoms with van der Waals surface area (Å²) in [5.41, 5.74) is 7.63. The minimum Gasteiger partial charge on any atom is -0.453 e. The Bertz CT molecular complexity index is 1030. The molecule has 0 aliphatic carbocycles. The Balaban J connectivity index is 2.26. The number of carbonyl (C=O) groups excluding carboxylic acids is 3. The summed E-state index contributed by atoms with van der Waals surface area (Å²) in [6.45, 7) is 5.85. The molecule has 2 rings (SSSR count). The third-order valence-electron chi connectivity index (χ3n) is 5.72. The molecule has 0 aromatic heterocycles. The van der Waals surface area contributed by atoms with E-state index in [1.54, 1.807) is 5.01 Å². The van der Waals surface area contributed by atoms with Crippen LogP contribution in [0.15, 0.2) is 59.1 Å². The van der Waals surface area contributed by atoms with Crippen LogP contribution >= 0.6 is 15.9 Å². The molecule has 0 fully saturated rings. The van der Waals surface area contributed by atoms with E-state index in [1.807, 2.05) is 75.4 Å². The number of nitrogens with zero attached hydrogens (tertiary/aromatic N) is 1. The molecule has 0 saturated heterocycles. The molecule has 10 heteroatoms. The first-order chi connectivity index (χ1) is 16.8. The molecule has 1 unspecified atom stereocenters. The van der Waals surface area contributed by atoms with Gasteiger partial charge in [0.25, 0.3) is 5.91 Å². The molecular formula is C26H35BrN4O5. The number of alkyl carbamates (subject to hydrolysis) is 1. The Morgan fingerprint density at radius 2 is 1.67 bits per heavy atom. The Kier molecular flexibility index (Phi) is 10.4. The Morgan fingerprint density at radius 3 is 2.19 bits per heavy atom. The van der Waals surface area contributed by atoms with Crippen LogP contribution in [0.2, 0.25) is 0 Å². The largest absolute Gasteiger partial charge is 0.453 e. The van der Waals surface area contributed by atoms with Crippen LogP contribution in [0, 0.1) is 5.41 Å². The van der Waals surface area contributed by atoms with Crippen molar-refractivity contribution in [1.29, 1.82) is 0 Å². The fourth-order valence-electron chi connectivity index (χ4n) is 3.61. The standard InChI is InChI=1S/C26H35BrN4O5/c1-25(2,3)21(29-24(34)36-4)22(32)30-31(17-19-10-12-20(27)13-11-19)15-14-26(35,23(28)33)16-18-8-6-5-7-9-18/h5-13,21,35H,14-17H2,1-4H3,(H2,28,33)(H,29,34)(H,30,32)/t21?,26-/m0/s1. The number of halogens is 1. The topological polar surface area (TPSA) is 134 Å². The minimum atomic E-state index is -1.82. The molecule has 0 bridgehead atoms. The second kappa shape index (κ2) is 12.8. The average Bonchev–Trinajstić information content (AvgIpc) is 2.82. The maximum absolute atomic E-state index is 13.3. The lowest BCUT2D eigenvalue weighted by Gasteiger charge is -2.34. The summed E-state index contributed by atoms with van der Waals surface area (Å²) in [5, 5.41) is 15.3. The molecule has 0 aliphatic rings. The number of hydrazine groups is 1.